The molecule has 1 amide bonds. The summed E-state index contributed by atoms with van der Waals surface area (Å²) in [4.78, 5) is 30.8. The number of amides is 1. The van der Waals surface area contributed by atoms with Gasteiger partial charge in [-0.05, 0) is 56.9 Å². The van der Waals surface area contributed by atoms with Gasteiger partial charge in [-0.2, -0.15) is 5.10 Å². The van der Waals surface area contributed by atoms with Gasteiger partial charge in [0.2, 0.25) is 0 Å². The molecule has 1 aliphatic rings. The van der Waals surface area contributed by atoms with Crippen LogP contribution in [0, 0.1) is 24.6 Å². The van der Waals surface area contributed by atoms with Gasteiger partial charge in [0.1, 0.15) is 53.3 Å². The third kappa shape index (κ3) is 5.85. The van der Waals surface area contributed by atoms with E-state index in [4.69, 9.17) is 20.3 Å². The standard InChI is InChI=1S/C32H29FN8O3/c1-4-5-28(42)40(3)23-12-24(13-23)41-32-29(31(34)37-18-38-32)30(39-41)21-6-8-25(9-7-21)44-27-11-22(33)10-26(14-27)43-17-20-15-35-19(2)36-16-20/h6-11,14-16,18,23-24H,12-13,17H2,1-3H3,(H2,34,37,38)/t23-,24+. The second-order valence-corrected chi connectivity index (χ2v) is 10.5. The van der Waals surface area contributed by atoms with Crippen molar-refractivity contribution in [3.8, 4) is 40.3 Å². The van der Waals surface area contributed by atoms with Crippen LogP contribution in [0.2, 0.25) is 0 Å². The fourth-order valence-corrected chi connectivity index (χ4v) is 5.04. The molecule has 1 saturated carbocycles. The van der Waals surface area contributed by atoms with Crippen molar-refractivity contribution in [2.24, 2.45) is 0 Å². The van der Waals surface area contributed by atoms with Crippen LogP contribution in [-0.4, -0.2) is 53.6 Å². The number of rotatable bonds is 8. The van der Waals surface area contributed by atoms with Crippen LogP contribution in [0.1, 0.15) is 37.2 Å². The number of halogens is 1. The van der Waals surface area contributed by atoms with Crippen molar-refractivity contribution in [1.29, 1.82) is 0 Å². The van der Waals surface area contributed by atoms with E-state index in [2.05, 4.69) is 31.8 Å². The Labute approximate surface area is 252 Å². The minimum absolute atomic E-state index is 0.0425. The van der Waals surface area contributed by atoms with Crippen LogP contribution >= 0.6 is 0 Å². The largest absolute Gasteiger partial charge is 0.489 e. The number of hydrogen-bond acceptors (Lipinski definition) is 9. The number of nitrogens with zero attached hydrogens (tertiary/aromatic N) is 7. The van der Waals surface area contributed by atoms with Gasteiger partial charge >= 0.3 is 0 Å². The molecule has 0 bridgehead atoms. The van der Waals surface area contributed by atoms with E-state index in [0.717, 1.165) is 24.0 Å². The summed E-state index contributed by atoms with van der Waals surface area (Å²) in [6.45, 7) is 3.63. The molecule has 2 N–H and O–H groups in total. The highest BCUT2D eigenvalue weighted by atomic mass is 19.1. The molecule has 11 nitrogen and oxygen atoms in total. The Morgan fingerprint density at radius 2 is 1.80 bits per heavy atom. The van der Waals surface area contributed by atoms with Gasteiger partial charge in [-0.3, -0.25) is 4.79 Å². The number of carbonyl (C=O) groups excluding carboxylic acids is 1. The molecule has 12 heteroatoms. The molecule has 0 spiro atoms. The van der Waals surface area contributed by atoms with Gasteiger partial charge in [-0.15, -0.1) is 0 Å². The molecule has 0 unspecified atom stereocenters. The van der Waals surface area contributed by atoms with Crippen molar-refractivity contribution < 1.29 is 18.7 Å². The number of nitrogen functional groups attached to an aromatic ring is 1. The van der Waals surface area contributed by atoms with E-state index in [9.17, 15) is 9.18 Å². The Morgan fingerprint density at radius 1 is 1.07 bits per heavy atom. The van der Waals surface area contributed by atoms with E-state index >= 15 is 0 Å². The van der Waals surface area contributed by atoms with Crippen molar-refractivity contribution in [1.82, 2.24) is 34.6 Å². The topological polar surface area (TPSA) is 134 Å². The smallest absolute Gasteiger partial charge is 0.298 e. The summed E-state index contributed by atoms with van der Waals surface area (Å²) in [5.74, 6) is 6.63. The average Bonchev–Trinajstić information content (AvgIpc) is 3.37. The number of benzene rings is 2. The summed E-state index contributed by atoms with van der Waals surface area (Å²) < 4.78 is 27.9. The molecule has 0 aliphatic heterocycles. The number of ether oxygens (including phenoxy) is 2. The first kappa shape index (κ1) is 28.5. The summed E-state index contributed by atoms with van der Waals surface area (Å²) in [5, 5.41) is 5.54. The number of aromatic nitrogens is 6. The Hall–Kier alpha value is -5.57. The quantitative estimate of drug-likeness (QED) is 0.251. The van der Waals surface area contributed by atoms with Crippen LogP contribution in [0.25, 0.3) is 22.3 Å². The first-order valence-corrected chi connectivity index (χ1v) is 14.0. The average molecular weight is 593 g/mol. The monoisotopic (exact) mass is 592 g/mol. The van der Waals surface area contributed by atoms with E-state index in [0.29, 0.717) is 39.9 Å². The Bertz CT molecular complexity index is 1890. The lowest BCUT2D eigenvalue weighted by Gasteiger charge is -2.40. The normalized spacial score (nSPS) is 15.6. The highest BCUT2D eigenvalue weighted by Gasteiger charge is 2.37. The first-order valence-electron chi connectivity index (χ1n) is 14.0. The number of hydrogen-bond donors (Lipinski definition) is 1. The third-order valence-corrected chi connectivity index (χ3v) is 7.50. The second kappa shape index (κ2) is 12.0. The van der Waals surface area contributed by atoms with Gasteiger partial charge in [0.25, 0.3) is 5.91 Å². The molecule has 0 radical (unpaired) electrons. The predicted molar refractivity (Wildman–Crippen MR) is 161 cm³/mol. The molecule has 0 atom stereocenters. The van der Waals surface area contributed by atoms with Crippen LogP contribution in [-0.2, 0) is 11.4 Å². The van der Waals surface area contributed by atoms with Gasteiger partial charge in [0, 0.05) is 54.8 Å². The Kier molecular flexibility index (Phi) is 7.76. The summed E-state index contributed by atoms with van der Waals surface area (Å²) in [7, 11) is 1.77. The summed E-state index contributed by atoms with van der Waals surface area (Å²) in [6, 6.07) is 11.5. The fraction of sp³-hybridized carbons (Fsp3) is 0.250. The predicted octanol–water partition coefficient (Wildman–Crippen LogP) is 4.87. The lowest BCUT2D eigenvalue weighted by atomic mass is 9.85. The Balaban J connectivity index is 1.19. The number of aryl methyl sites for hydroxylation is 1. The van der Waals surface area contributed by atoms with Gasteiger partial charge in [-0.1, -0.05) is 5.92 Å². The van der Waals surface area contributed by atoms with E-state index in [1.807, 2.05) is 16.8 Å². The second-order valence-electron chi connectivity index (χ2n) is 10.5. The molecule has 1 fully saturated rings. The molecular weight excluding hydrogens is 563 g/mol. The van der Waals surface area contributed by atoms with Crippen LogP contribution in [0.4, 0.5) is 10.2 Å². The maximum Gasteiger partial charge on any atom is 0.298 e. The zero-order chi connectivity index (χ0) is 30.8. The van der Waals surface area contributed by atoms with E-state index in [1.54, 1.807) is 56.4 Å². The van der Waals surface area contributed by atoms with Crippen molar-refractivity contribution in [3.63, 3.8) is 0 Å². The molecule has 6 rings (SSSR count). The molecule has 3 aromatic heterocycles. The molecule has 1 aliphatic carbocycles. The van der Waals surface area contributed by atoms with E-state index in [-0.39, 0.29) is 30.3 Å². The fourth-order valence-electron chi connectivity index (χ4n) is 5.04. The summed E-state index contributed by atoms with van der Waals surface area (Å²) in [5.41, 5.74) is 9.11. The summed E-state index contributed by atoms with van der Waals surface area (Å²) in [6.07, 6.45) is 6.20. The van der Waals surface area contributed by atoms with Crippen LogP contribution in [0.3, 0.4) is 0 Å². The maximum absolute atomic E-state index is 14.4. The zero-order valence-electron chi connectivity index (χ0n) is 24.4. The summed E-state index contributed by atoms with van der Waals surface area (Å²) >= 11 is 0. The van der Waals surface area contributed by atoms with Gasteiger partial charge in [-0.25, -0.2) is 29.0 Å². The Morgan fingerprint density at radius 3 is 2.52 bits per heavy atom. The lowest BCUT2D eigenvalue weighted by molar-refractivity contribution is -0.128. The van der Waals surface area contributed by atoms with E-state index in [1.165, 1.54) is 18.5 Å². The number of carbonyl (C=O) groups is 1. The van der Waals surface area contributed by atoms with Crippen molar-refractivity contribution in [2.45, 2.75) is 45.4 Å². The van der Waals surface area contributed by atoms with Crippen LogP contribution in [0.15, 0.2) is 61.2 Å². The van der Waals surface area contributed by atoms with Crippen LogP contribution in [0.5, 0.6) is 17.2 Å². The maximum atomic E-state index is 14.4. The zero-order valence-corrected chi connectivity index (χ0v) is 24.4. The molecule has 2 aromatic carbocycles. The molecule has 222 valence electrons. The number of fused-ring (bicyclic) bond motifs is 1. The van der Waals surface area contributed by atoms with Gasteiger partial charge in [0.05, 0.1) is 11.4 Å². The highest BCUT2D eigenvalue weighted by molar-refractivity contribution is 5.98. The van der Waals surface area contributed by atoms with Gasteiger partial charge < -0.3 is 20.1 Å². The lowest BCUT2D eigenvalue weighted by Crippen LogP contribution is -2.46. The minimum Gasteiger partial charge on any atom is -0.489 e. The van der Waals surface area contributed by atoms with Crippen molar-refractivity contribution in [3.05, 3.63) is 78.4 Å². The van der Waals surface area contributed by atoms with E-state index < -0.39 is 5.82 Å². The first-order chi connectivity index (χ1) is 21.3. The minimum atomic E-state index is -0.492. The van der Waals surface area contributed by atoms with Gasteiger partial charge in [0.15, 0.2) is 5.65 Å². The third-order valence-electron chi connectivity index (χ3n) is 7.50. The SMILES string of the molecule is CC#CC(=O)N(C)[C@H]1C[C@@H](n2nc(-c3ccc(Oc4cc(F)cc(OCc5cnc(C)nc5)c4)cc3)c3c(N)ncnc32)C1. The number of anilines is 1. The highest BCUT2D eigenvalue weighted by Crippen LogP contribution is 2.40. The van der Waals surface area contributed by atoms with Crippen LogP contribution < -0.4 is 15.2 Å². The molecule has 3 heterocycles. The van der Waals surface area contributed by atoms with Crippen molar-refractivity contribution >= 4 is 22.8 Å². The number of nitrogens with two attached hydrogens (primary N) is 1. The van der Waals surface area contributed by atoms with Crippen molar-refractivity contribution in [2.75, 3.05) is 12.8 Å². The molecule has 5 aromatic rings. The molecule has 44 heavy (non-hydrogen) atoms. The molecule has 0 saturated heterocycles. The molecular formula is C32H29FN8O3.